The molecule has 1 heterocycles. The molecule has 0 aromatic carbocycles. The number of carbonyl (C=O) groups is 1. The smallest absolute Gasteiger partial charge is 0.220 e. The maximum Gasteiger partial charge on any atom is 0.220 e. The van der Waals surface area contributed by atoms with E-state index in [1.165, 1.54) is 96.3 Å². The highest BCUT2D eigenvalue weighted by molar-refractivity contribution is 7.91. The summed E-state index contributed by atoms with van der Waals surface area (Å²) in [5.74, 6) is 0.352. The van der Waals surface area contributed by atoms with E-state index in [2.05, 4.69) is 24.4 Å². The minimum Gasteiger partial charge on any atom is -0.352 e. The van der Waals surface area contributed by atoms with Gasteiger partial charge in [-0.25, -0.2) is 8.42 Å². The van der Waals surface area contributed by atoms with Crippen molar-refractivity contribution >= 4 is 15.7 Å². The van der Waals surface area contributed by atoms with E-state index in [4.69, 9.17) is 0 Å². The van der Waals surface area contributed by atoms with Crippen LogP contribution in [0.15, 0.2) is 12.2 Å². The van der Waals surface area contributed by atoms with Gasteiger partial charge in [-0.05, 0) is 38.5 Å². The minimum absolute atomic E-state index is 0.0168. The van der Waals surface area contributed by atoms with Gasteiger partial charge >= 0.3 is 0 Å². The van der Waals surface area contributed by atoms with Crippen molar-refractivity contribution in [3.63, 3.8) is 0 Å². The van der Waals surface area contributed by atoms with Gasteiger partial charge in [0.2, 0.25) is 5.91 Å². The molecule has 1 atom stereocenters. The van der Waals surface area contributed by atoms with Crippen LogP contribution in [0.2, 0.25) is 0 Å². The van der Waals surface area contributed by atoms with Crippen LogP contribution in [0.4, 0.5) is 0 Å². The Morgan fingerprint density at radius 3 is 1.74 bits per heavy atom. The van der Waals surface area contributed by atoms with Crippen LogP contribution in [0.5, 0.6) is 0 Å². The zero-order chi connectivity index (χ0) is 22.6. The summed E-state index contributed by atoms with van der Waals surface area (Å²) in [5, 5.41) is 2.87. The summed E-state index contributed by atoms with van der Waals surface area (Å²) in [6, 6.07) is -0.159. The number of hydrogen-bond acceptors (Lipinski definition) is 3. The van der Waals surface area contributed by atoms with E-state index >= 15 is 0 Å². The molecule has 5 heteroatoms. The fourth-order valence-corrected chi connectivity index (χ4v) is 5.95. The third-order valence-corrected chi connectivity index (χ3v) is 8.03. The summed E-state index contributed by atoms with van der Waals surface area (Å²) in [7, 11) is -2.91. The first kappa shape index (κ1) is 28.2. The van der Waals surface area contributed by atoms with Gasteiger partial charge in [-0.3, -0.25) is 4.79 Å². The maximum absolute atomic E-state index is 11.9. The van der Waals surface area contributed by atoms with Crippen LogP contribution in [0.1, 0.15) is 129 Å². The summed E-state index contributed by atoms with van der Waals surface area (Å²) in [6.45, 7) is 2.27. The van der Waals surface area contributed by atoms with Gasteiger partial charge in [-0.15, -0.1) is 0 Å². The first-order chi connectivity index (χ1) is 15.0. The van der Waals surface area contributed by atoms with Gasteiger partial charge in [-0.1, -0.05) is 96.1 Å². The Morgan fingerprint density at radius 2 is 1.26 bits per heavy atom. The van der Waals surface area contributed by atoms with Gasteiger partial charge in [0.15, 0.2) is 9.84 Å². The lowest BCUT2D eigenvalue weighted by molar-refractivity contribution is -0.121. The Hall–Kier alpha value is -0.840. The fraction of sp³-hybridized carbons (Fsp3) is 0.885. The van der Waals surface area contributed by atoms with E-state index in [9.17, 15) is 13.2 Å². The van der Waals surface area contributed by atoms with Crippen molar-refractivity contribution < 1.29 is 13.2 Å². The van der Waals surface area contributed by atoms with E-state index in [-0.39, 0.29) is 23.5 Å². The molecule has 0 saturated carbocycles. The van der Waals surface area contributed by atoms with Crippen LogP contribution >= 0.6 is 0 Å². The Morgan fingerprint density at radius 1 is 0.774 bits per heavy atom. The number of unbranched alkanes of at least 4 members (excludes halogenated alkanes) is 15. The molecule has 1 N–H and O–H groups in total. The van der Waals surface area contributed by atoms with Gasteiger partial charge in [-0.2, -0.15) is 0 Å². The summed E-state index contributed by atoms with van der Waals surface area (Å²) in [6.07, 6.45) is 27.8. The molecule has 0 spiro atoms. The third-order valence-electron chi connectivity index (χ3n) is 6.26. The van der Waals surface area contributed by atoms with Crippen LogP contribution in [0.3, 0.4) is 0 Å². The number of nitrogens with one attached hydrogen (secondary N) is 1. The molecule has 1 amide bonds. The Kier molecular flexibility index (Phi) is 17.0. The van der Waals surface area contributed by atoms with Gasteiger partial charge in [0.1, 0.15) is 0 Å². The zero-order valence-electron chi connectivity index (χ0n) is 20.2. The van der Waals surface area contributed by atoms with Gasteiger partial charge < -0.3 is 5.32 Å². The molecule has 0 radical (unpaired) electrons. The Bertz CT molecular complexity index is 571. The maximum atomic E-state index is 11.9. The molecule has 31 heavy (non-hydrogen) atoms. The molecule has 0 bridgehead atoms. The topological polar surface area (TPSA) is 63.2 Å². The number of carbonyl (C=O) groups excluding carboxylic acids is 1. The second-order valence-corrected chi connectivity index (χ2v) is 11.6. The van der Waals surface area contributed by atoms with Crippen LogP contribution in [0.25, 0.3) is 0 Å². The molecule has 4 nitrogen and oxygen atoms in total. The first-order valence-corrected chi connectivity index (χ1v) is 15.0. The highest BCUT2D eigenvalue weighted by Crippen LogP contribution is 2.14. The minimum atomic E-state index is -2.91. The summed E-state index contributed by atoms with van der Waals surface area (Å²) < 4.78 is 22.8. The molecule has 1 unspecified atom stereocenters. The molecular formula is C26H49NO3S. The fourth-order valence-electron chi connectivity index (χ4n) is 4.27. The van der Waals surface area contributed by atoms with Gasteiger partial charge in [0.25, 0.3) is 0 Å². The third kappa shape index (κ3) is 17.4. The van der Waals surface area contributed by atoms with Crippen molar-refractivity contribution in [2.75, 3.05) is 11.5 Å². The van der Waals surface area contributed by atoms with Crippen LogP contribution < -0.4 is 5.32 Å². The van der Waals surface area contributed by atoms with Gasteiger partial charge in [0.05, 0.1) is 11.5 Å². The van der Waals surface area contributed by atoms with Crippen molar-refractivity contribution in [3.8, 4) is 0 Å². The zero-order valence-corrected chi connectivity index (χ0v) is 21.0. The normalized spacial score (nSPS) is 18.0. The summed E-state index contributed by atoms with van der Waals surface area (Å²) >= 11 is 0. The first-order valence-electron chi connectivity index (χ1n) is 13.2. The Labute approximate surface area is 193 Å². The second kappa shape index (κ2) is 18.7. The molecule has 0 aromatic heterocycles. The molecule has 182 valence electrons. The highest BCUT2D eigenvalue weighted by Gasteiger charge is 2.28. The molecule has 1 fully saturated rings. The van der Waals surface area contributed by atoms with E-state index in [1.807, 2.05) is 0 Å². The van der Waals surface area contributed by atoms with Crippen LogP contribution in [0, 0.1) is 0 Å². The molecule has 0 aliphatic carbocycles. The Balaban J connectivity index is 1.77. The number of allylic oxidation sites excluding steroid dienone is 2. The van der Waals surface area contributed by atoms with Crippen LogP contribution in [-0.2, 0) is 14.6 Å². The lowest BCUT2D eigenvalue weighted by Crippen LogP contribution is -2.35. The number of rotatable bonds is 20. The predicted octanol–water partition coefficient (Wildman–Crippen LogP) is 6.89. The van der Waals surface area contributed by atoms with Gasteiger partial charge in [0, 0.05) is 12.5 Å². The van der Waals surface area contributed by atoms with E-state index in [0.29, 0.717) is 12.8 Å². The largest absolute Gasteiger partial charge is 0.352 e. The monoisotopic (exact) mass is 455 g/mol. The molecule has 1 aliphatic rings. The van der Waals surface area contributed by atoms with Crippen molar-refractivity contribution in [3.05, 3.63) is 12.2 Å². The van der Waals surface area contributed by atoms with Crippen molar-refractivity contribution in [2.24, 2.45) is 0 Å². The summed E-state index contributed by atoms with van der Waals surface area (Å²) in [5.41, 5.74) is 0. The average molecular weight is 456 g/mol. The second-order valence-electron chi connectivity index (χ2n) is 9.42. The summed E-state index contributed by atoms with van der Waals surface area (Å²) in [4.78, 5) is 11.9. The SMILES string of the molecule is CCCCCCCC/C=C/CCCCCCCCCCCC(=O)NC1CCS(=O)(=O)C1. The molecule has 1 aliphatic heterocycles. The van der Waals surface area contributed by atoms with Crippen molar-refractivity contribution in [1.29, 1.82) is 0 Å². The number of sulfone groups is 1. The predicted molar refractivity (Wildman–Crippen MR) is 133 cm³/mol. The highest BCUT2D eigenvalue weighted by atomic mass is 32.2. The van der Waals surface area contributed by atoms with E-state index in [0.717, 1.165) is 12.8 Å². The lowest BCUT2D eigenvalue weighted by atomic mass is 10.1. The van der Waals surface area contributed by atoms with Crippen molar-refractivity contribution in [2.45, 2.75) is 135 Å². The van der Waals surface area contributed by atoms with Crippen molar-refractivity contribution in [1.82, 2.24) is 5.32 Å². The number of amides is 1. The molecule has 0 aromatic rings. The average Bonchev–Trinajstić information content (AvgIpc) is 3.07. The molecule has 1 saturated heterocycles. The molecular weight excluding hydrogens is 406 g/mol. The van der Waals surface area contributed by atoms with E-state index in [1.54, 1.807) is 0 Å². The molecule has 1 rings (SSSR count). The number of hydrogen-bond donors (Lipinski definition) is 1. The van der Waals surface area contributed by atoms with E-state index < -0.39 is 9.84 Å². The lowest BCUT2D eigenvalue weighted by Gasteiger charge is -2.10. The quantitative estimate of drug-likeness (QED) is 0.161. The standard InChI is InChI=1S/C26H49NO3S/c1-2-3-4-5-6-7-8-9-10-11-12-13-14-15-16-17-18-19-20-21-26(28)27-25-22-23-31(29,30)24-25/h9-10,25H,2-8,11-24H2,1H3,(H,27,28)/b10-9+. The van der Waals surface area contributed by atoms with Crippen LogP contribution in [-0.4, -0.2) is 31.9 Å².